The van der Waals surface area contributed by atoms with Gasteiger partial charge in [-0.1, -0.05) is 24.6 Å². The van der Waals surface area contributed by atoms with Crippen LogP contribution in [-0.4, -0.2) is 4.57 Å². The van der Waals surface area contributed by atoms with Gasteiger partial charge in [0, 0.05) is 23.8 Å². The van der Waals surface area contributed by atoms with E-state index >= 15 is 0 Å². The van der Waals surface area contributed by atoms with Crippen molar-refractivity contribution in [1.29, 1.82) is 0 Å². The Morgan fingerprint density at radius 3 is 2.89 bits per heavy atom. The molecule has 98 valence electrons. The molecule has 4 heteroatoms. The van der Waals surface area contributed by atoms with Gasteiger partial charge in [-0.05, 0) is 30.7 Å². The Balaban J connectivity index is 2.05. The van der Waals surface area contributed by atoms with Crippen molar-refractivity contribution in [3.63, 3.8) is 0 Å². The van der Waals surface area contributed by atoms with Crippen molar-refractivity contribution in [3.8, 4) is 0 Å². The molecule has 1 aromatic heterocycles. The third-order valence-corrected chi connectivity index (χ3v) is 3.74. The molecule has 3 rings (SSSR count). The lowest BCUT2D eigenvalue weighted by molar-refractivity contribution is 0.626. The number of allylic oxidation sites excluding steroid dienone is 1. The molecule has 0 aliphatic carbocycles. The molecule has 0 atom stereocenters. The molecule has 19 heavy (non-hydrogen) atoms. The lowest BCUT2D eigenvalue weighted by atomic mass is 10.2. The average molecular weight is 277 g/mol. The maximum absolute atomic E-state index is 13.4. The molecule has 0 bridgehead atoms. The van der Waals surface area contributed by atoms with Gasteiger partial charge in [0.15, 0.2) is 0 Å². The van der Waals surface area contributed by atoms with Crippen molar-refractivity contribution in [3.05, 3.63) is 58.8 Å². The first-order chi connectivity index (χ1) is 9.19. The Bertz CT molecular complexity index is 645. The van der Waals surface area contributed by atoms with Crippen molar-refractivity contribution in [2.45, 2.75) is 19.9 Å². The molecule has 0 amide bonds. The molecular weight excluding hydrogens is 263 g/mol. The van der Waals surface area contributed by atoms with Crippen LogP contribution in [0, 0.1) is 5.82 Å². The van der Waals surface area contributed by atoms with Crippen molar-refractivity contribution in [2.75, 3.05) is 4.90 Å². The fraction of sp³-hybridized carbons (Fsp3) is 0.200. The topological polar surface area (TPSA) is 8.17 Å². The second-order valence-corrected chi connectivity index (χ2v) is 4.96. The number of hydrogen-bond donors (Lipinski definition) is 0. The maximum Gasteiger partial charge on any atom is 0.125 e. The standard InChI is InChI=1S/C15H14ClFN2/c1-2-12-9-18-7-6-14(16)15(18)10-19(12)13-5-3-4-11(17)8-13/h3-9H,2,10H2,1H3. The largest absolute Gasteiger partial charge is 0.338 e. The predicted octanol–water partition coefficient (Wildman–Crippen LogP) is 4.51. The Morgan fingerprint density at radius 2 is 2.16 bits per heavy atom. The molecule has 1 aromatic carbocycles. The summed E-state index contributed by atoms with van der Waals surface area (Å²) in [5.74, 6) is -0.222. The van der Waals surface area contributed by atoms with Gasteiger partial charge in [0.25, 0.3) is 0 Å². The van der Waals surface area contributed by atoms with Gasteiger partial charge in [0.2, 0.25) is 0 Å². The van der Waals surface area contributed by atoms with E-state index in [2.05, 4.69) is 18.0 Å². The zero-order valence-electron chi connectivity index (χ0n) is 10.6. The molecule has 0 N–H and O–H groups in total. The normalized spacial score (nSPS) is 14.3. The maximum atomic E-state index is 13.4. The minimum Gasteiger partial charge on any atom is -0.338 e. The van der Waals surface area contributed by atoms with Crippen LogP contribution >= 0.6 is 11.6 Å². The smallest absolute Gasteiger partial charge is 0.125 e. The van der Waals surface area contributed by atoms with Crippen LogP contribution in [0.15, 0.2) is 42.2 Å². The van der Waals surface area contributed by atoms with Crippen molar-refractivity contribution >= 4 is 23.5 Å². The zero-order chi connectivity index (χ0) is 13.4. The van der Waals surface area contributed by atoms with E-state index in [1.165, 1.54) is 6.07 Å². The molecule has 0 saturated heterocycles. The number of rotatable bonds is 2. The Morgan fingerprint density at radius 1 is 1.32 bits per heavy atom. The Labute approximate surface area is 116 Å². The van der Waals surface area contributed by atoms with E-state index in [1.807, 2.05) is 22.9 Å². The summed E-state index contributed by atoms with van der Waals surface area (Å²) < 4.78 is 15.4. The first kappa shape index (κ1) is 12.3. The van der Waals surface area contributed by atoms with E-state index in [0.29, 0.717) is 6.54 Å². The number of nitrogens with zero attached hydrogens (tertiary/aromatic N) is 2. The molecule has 0 unspecified atom stereocenters. The fourth-order valence-electron chi connectivity index (χ4n) is 2.40. The molecule has 0 saturated carbocycles. The van der Waals surface area contributed by atoms with E-state index in [9.17, 15) is 4.39 Å². The van der Waals surface area contributed by atoms with Crippen LogP contribution < -0.4 is 4.90 Å². The molecule has 2 aromatic rings. The molecule has 0 spiro atoms. The van der Waals surface area contributed by atoms with Crippen molar-refractivity contribution < 1.29 is 4.39 Å². The van der Waals surface area contributed by atoms with E-state index in [0.717, 1.165) is 28.5 Å². The summed E-state index contributed by atoms with van der Waals surface area (Å²) in [6.45, 7) is 2.75. The minimum atomic E-state index is -0.222. The molecule has 1 aliphatic rings. The molecule has 0 radical (unpaired) electrons. The highest BCUT2D eigenvalue weighted by Crippen LogP contribution is 2.31. The van der Waals surface area contributed by atoms with E-state index < -0.39 is 0 Å². The summed E-state index contributed by atoms with van der Waals surface area (Å²) >= 11 is 6.18. The van der Waals surface area contributed by atoms with E-state index in [1.54, 1.807) is 12.1 Å². The van der Waals surface area contributed by atoms with Crippen LogP contribution in [0.25, 0.3) is 6.20 Å². The summed E-state index contributed by atoms with van der Waals surface area (Å²) in [6.07, 6.45) is 4.89. The lowest BCUT2D eigenvalue weighted by Crippen LogP contribution is -2.27. The number of anilines is 1. The van der Waals surface area contributed by atoms with Gasteiger partial charge in [0.05, 0.1) is 17.3 Å². The van der Waals surface area contributed by atoms with Gasteiger partial charge in [-0.2, -0.15) is 0 Å². The van der Waals surface area contributed by atoms with E-state index in [-0.39, 0.29) is 5.82 Å². The number of hydrogen-bond acceptors (Lipinski definition) is 1. The highest BCUT2D eigenvalue weighted by Gasteiger charge is 2.20. The predicted molar refractivity (Wildman–Crippen MR) is 76.6 cm³/mol. The van der Waals surface area contributed by atoms with Gasteiger partial charge in [-0.3, -0.25) is 0 Å². The van der Waals surface area contributed by atoms with Crippen LogP contribution in [0.1, 0.15) is 19.0 Å². The monoisotopic (exact) mass is 276 g/mol. The van der Waals surface area contributed by atoms with Crippen LogP contribution in [0.5, 0.6) is 0 Å². The lowest BCUT2D eigenvalue weighted by Gasteiger charge is -2.31. The molecular formula is C15H14ClFN2. The van der Waals surface area contributed by atoms with Crippen LogP contribution in [0.2, 0.25) is 5.02 Å². The number of halogens is 2. The van der Waals surface area contributed by atoms with Crippen molar-refractivity contribution in [1.82, 2.24) is 4.57 Å². The Kier molecular flexibility index (Phi) is 3.07. The van der Waals surface area contributed by atoms with Crippen LogP contribution in [0.3, 0.4) is 0 Å². The number of fused-ring (bicyclic) bond motifs is 1. The van der Waals surface area contributed by atoms with Gasteiger partial charge >= 0.3 is 0 Å². The molecule has 2 heterocycles. The first-order valence-corrected chi connectivity index (χ1v) is 6.66. The van der Waals surface area contributed by atoms with Crippen LogP contribution in [0.4, 0.5) is 10.1 Å². The molecule has 1 aliphatic heterocycles. The second-order valence-electron chi connectivity index (χ2n) is 4.56. The second kappa shape index (κ2) is 4.74. The summed E-state index contributed by atoms with van der Waals surface area (Å²) in [6, 6.07) is 8.54. The summed E-state index contributed by atoms with van der Waals surface area (Å²) in [5, 5.41) is 0.743. The third kappa shape index (κ3) is 2.15. The van der Waals surface area contributed by atoms with Crippen LogP contribution in [-0.2, 0) is 6.54 Å². The van der Waals surface area contributed by atoms with Gasteiger partial charge in [-0.15, -0.1) is 0 Å². The minimum absolute atomic E-state index is 0.222. The molecule has 0 fully saturated rings. The molecule has 2 nitrogen and oxygen atoms in total. The summed E-state index contributed by atoms with van der Waals surface area (Å²) in [5.41, 5.74) is 3.03. The summed E-state index contributed by atoms with van der Waals surface area (Å²) in [4.78, 5) is 2.10. The highest BCUT2D eigenvalue weighted by molar-refractivity contribution is 6.31. The Hall–Kier alpha value is -1.74. The average Bonchev–Trinajstić information content (AvgIpc) is 2.78. The first-order valence-electron chi connectivity index (χ1n) is 6.28. The number of benzene rings is 1. The van der Waals surface area contributed by atoms with Crippen molar-refractivity contribution in [2.24, 2.45) is 0 Å². The zero-order valence-corrected chi connectivity index (χ0v) is 11.4. The fourth-order valence-corrected chi connectivity index (χ4v) is 2.61. The van der Waals surface area contributed by atoms with Gasteiger partial charge in [-0.25, -0.2) is 4.39 Å². The third-order valence-electron chi connectivity index (χ3n) is 3.39. The van der Waals surface area contributed by atoms with Gasteiger partial charge < -0.3 is 9.47 Å². The highest BCUT2D eigenvalue weighted by atomic mass is 35.5. The number of aromatic nitrogens is 1. The quantitative estimate of drug-likeness (QED) is 0.783. The summed E-state index contributed by atoms with van der Waals surface area (Å²) in [7, 11) is 0. The van der Waals surface area contributed by atoms with Gasteiger partial charge in [0.1, 0.15) is 5.82 Å². The van der Waals surface area contributed by atoms with E-state index in [4.69, 9.17) is 11.6 Å². The SMILES string of the molecule is CCC1=Cn2ccc(Cl)c2CN1c1cccc(F)c1.